The van der Waals surface area contributed by atoms with E-state index >= 15 is 0 Å². The van der Waals surface area contributed by atoms with Gasteiger partial charge in [-0.05, 0) is 13.3 Å². The van der Waals surface area contributed by atoms with Gasteiger partial charge in [0.25, 0.3) is 0 Å². The number of esters is 1. The Labute approximate surface area is 73.7 Å². The minimum Gasteiger partial charge on any atom is -0.391 e. The topological polar surface area (TPSA) is 26.3 Å². The molecule has 0 spiro atoms. The van der Waals surface area contributed by atoms with Gasteiger partial charge in [-0.15, -0.1) is 0 Å². The van der Waals surface area contributed by atoms with Crippen LogP contribution in [0, 0.1) is 0 Å². The van der Waals surface area contributed by atoms with E-state index < -0.39 is 18.1 Å². The van der Waals surface area contributed by atoms with Crippen LogP contribution in [0.5, 0.6) is 0 Å². The molecule has 13 heavy (non-hydrogen) atoms. The molecular formula is C8H9F3O2. The lowest BCUT2D eigenvalue weighted by Gasteiger charge is -1.99. The summed E-state index contributed by atoms with van der Waals surface area (Å²) in [7, 11) is 0. The average Bonchev–Trinajstić information content (AvgIpc) is 2.04. The van der Waals surface area contributed by atoms with Crippen molar-refractivity contribution in [2.75, 3.05) is 0 Å². The van der Waals surface area contributed by atoms with Gasteiger partial charge in [-0.1, -0.05) is 13.0 Å². The average molecular weight is 194 g/mol. The molecule has 0 aliphatic heterocycles. The summed E-state index contributed by atoms with van der Waals surface area (Å²) in [4.78, 5) is 10.7. The molecule has 2 nitrogen and oxygen atoms in total. The molecule has 0 aromatic heterocycles. The molecule has 0 aliphatic rings. The first-order valence-corrected chi connectivity index (χ1v) is 3.58. The smallest absolute Gasteiger partial charge is 0.347 e. The fraction of sp³-hybridized carbons (Fsp3) is 0.375. The van der Waals surface area contributed by atoms with E-state index in [-0.39, 0.29) is 5.57 Å². The van der Waals surface area contributed by atoms with Crippen molar-refractivity contribution in [3.63, 3.8) is 0 Å². The molecular weight excluding hydrogens is 185 g/mol. The summed E-state index contributed by atoms with van der Waals surface area (Å²) < 4.78 is 38.6. The summed E-state index contributed by atoms with van der Waals surface area (Å²) in [6.07, 6.45) is -0.645. The highest BCUT2D eigenvalue weighted by atomic mass is 19.3. The first-order valence-electron chi connectivity index (χ1n) is 3.58. The van der Waals surface area contributed by atoms with Crippen LogP contribution in [-0.4, -0.2) is 5.97 Å². The Kier molecular flexibility index (Phi) is 4.87. The van der Waals surface area contributed by atoms with Crippen molar-refractivity contribution < 1.29 is 22.7 Å². The molecule has 0 radical (unpaired) electrons. The first-order chi connectivity index (χ1) is 5.99. The number of allylic oxidation sites excluding steroid dienone is 1. The van der Waals surface area contributed by atoms with Crippen LogP contribution < -0.4 is 0 Å². The summed E-state index contributed by atoms with van der Waals surface area (Å²) >= 11 is 0. The Hall–Kier alpha value is -1.26. The summed E-state index contributed by atoms with van der Waals surface area (Å²) in [5, 5.41) is 0. The maximum Gasteiger partial charge on any atom is 0.347 e. The van der Waals surface area contributed by atoms with E-state index in [9.17, 15) is 18.0 Å². The summed E-state index contributed by atoms with van der Waals surface area (Å²) in [5.41, 5.74) is 0.0962. The summed E-state index contributed by atoms with van der Waals surface area (Å²) in [6, 6.07) is -2.14. The molecule has 0 bridgehead atoms. The van der Waals surface area contributed by atoms with E-state index in [1.54, 1.807) is 6.92 Å². The molecule has 0 N–H and O–H groups in total. The Balaban J connectivity index is 4.33. The van der Waals surface area contributed by atoms with E-state index in [1.807, 2.05) is 0 Å². The van der Waals surface area contributed by atoms with E-state index in [1.165, 1.54) is 13.0 Å². The molecule has 0 aliphatic carbocycles. The second-order valence-electron chi connectivity index (χ2n) is 2.22. The van der Waals surface area contributed by atoms with Gasteiger partial charge in [0.15, 0.2) is 0 Å². The van der Waals surface area contributed by atoms with Gasteiger partial charge in [0, 0.05) is 5.57 Å². The number of carbonyl (C=O) groups is 1. The van der Waals surface area contributed by atoms with Crippen molar-refractivity contribution in [2.24, 2.45) is 0 Å². The van der Waals surface area contributed by atoms with Gasteiger partial charge in [0.1, 0.15) is 0 Å². The molecule has 0 atom stereocenters. The van der Waals surface area contributed by atoms with Crippen LogP contribution in [0.4, 0.5) is 13.2 Å². The number of rotatable bonds is 3. The van der Waals surface area contributed by atoms with Gasteiger partial charge in [0.05, 0.1) is 0 Å². The number of ether oxygens (including phenoxy) is 1. The van der Waals surface area contributed by atoms with Gasteiger partial charge >= 0.3 is 18.1 Å². The number of carbonyl (C=O) groups excluding carboxylic acids is 1. The minimum atomic E-state index is -2.64. The lowest BCUT2D eigenvalue weighted by atomic mass is 10.2. The zero-order valence-electron chi connectivity index (χ0n) is 7.23. The van der Waals surface area contributed by atoms with Crippen molar-refractivity contribution in [3.8, 4) is 0 Å². The molecule has 0 amide bonds. The van der Waals surface area contributed by atoms with Crippen molar-refractivity contribution in [1.82, 2.24) is 0 Å². The van der Waals surface area contributed by atoms with E-state index in [2.05, 4.69) is 4.74 Å². The zero-order valence-corrected chi connectivity index (χ0v) is 7.23. The largest absolute Gasteiger partial charge is 0.391 e. The molecule has 0 unspecified atom stereocenters. The third-order valence-electron chi connectivity index (χ3n) is 1.16. The first kappa shape index (κ1) is 11.7. The standard InChI is InChI=1S/C8H9F3O2/c1-3-4-5(2)8(12)13-7(11)6(9)10/h4H,3H2,1-2H3. The molecule has 5 heteroatoms. The highest BCUT2D eigenvalue weighted by Gasteiger charge is 2.13. The van der Waals surface area contributed by atoms with E-state index in [0.29, 0.717) is 6.42 Å². The van der Waals surface area contributed by atoms with Gasteiger partial charge in [-0.3, -0.25) is 0 Å². The van der Waals surface area contributed by atoms with Crippen molar-refractivity contribution >= 4 is 5.97 Å². The van der Waals surface area contributed by atoms with Crippen LogP contribution in [0.2, 0.25) is 0 Å². The van der Waals surface area contributed by atoms with Crippen molar-refractivity contribution in [1.29, 1.82) is 0 Å². The molecule has 0 saturated carbocycles. The van der Waals surface area contributed by atoms with Gasteiger partial charge in [-0.25, -0.2) is 4.79 Å². The molecule has 0 rings (SSSR count). The van der Waals surface area contributed by atoms with Crippen LogP contribution in [-0.2, 0) is 9.53 Å². The molecule has 0 heterocycles. The molecule has 0 saturated heterocycles. The highest BCUT2D eigenvalue weighted by molar-refractivity contribution is 5.88. The van der Waals surface area contributed by atoms with Gasteiger partial charge in [-0.2, -0.15) is 13.2 Å². The fourth-order valence-corrected chi connectivity index (χ4v) is 0.590. The molecule has 0 aromatic carbocycles. The number of halogens is 3. The summed E-state index contributed by atoms with van der Waals surface area (Å²) in [5.74, 6) is -1.10. The summed E-state index contributed by atoms with van der Waals surface area (Å²) in [6.45, 7) is 3.11. The Bertz CT molecular complexity index is 252. The monoisotopic (exact) mass is 194 g/mol. The Morgan fingerprint density at radius 2 is 1.92 bits per heavy atom. The van der Waals surface area contributed by atoms with Gasteiger partial charge < -0.3 is 4.74 Å². The predicted octanol–water partition coefficient (Wildman–Crippen LogP) is 2.92. The fourth-order valence-electron chi connectivity index (χ4n) is 0.590. The second kappa shape index (κ2) is 5.40. The van der Waals surface area contributed by atoms with E-state index in [4.69, 9.17) is 0 Å². The van der Waals surface area contributed by atoms with E-state index in [0.717, 1.165) is 0 Å². The van der Waals surface area contributed by atoms with Gasteiger partial charge in [0.2, 0.25) is 0 Å². The minimum absolute atomic E-state index is 0.0962. The van der Waals surface area contributed by atoms with Crippen LogP contribution in [0.3, 0.4) is 0 Å². The highest BCUT2D eigenvalue weighted by Crippen LogP contribution is 2.12. The molecule has 0 aromatic rings. The van der Waals surface area contributed by atoms with Crippen molar-refractivity contribution in [2.45, 2.75) is 20.3 Å². The lowest BCUT2D eigenvalue weighted by molar-refractivity contribution is -0.137. The quantitative estimate of drug-likeness (QED) is 0.392. The van der Waals surface area contributed by atoms with Crippen LogP contribution in [0.1, 0.15) is 20.3 Å². The van der Waals surface area contributed by atoms with Crippen LogP contribution >= 0.6 is 0 Å². The lowest BCUT2D eigenvalue weighted by Crippen LogP contribution is -2.04. The third-order valence-corrected chi connectivity index (χ3v) is 1.16. The maximum atomic E-state index is 12.0. The number of hydrogen-bond donors (Lipinski definition) is 0. The third kappa shape index (κ3) is 4.35. The number of hydrogen-bond acceptors (Lipinski definition) is 2. The normalized spacial score (nSPS) is 11.0. The maximum absolute atomic E-state index is 12.0. The molecule has 74 valence electrons. The van der Waals surface area contributed by atoms with Crippen LogP contribution in [0.15, 0.2) is 23.7 Å². The van der Waals surface area contributed by atoms with Crippen molar-refractivity contribution in [3.05, 3.63) is 23.7 Å². The predicted molar refractivity (Wildman–Crippen MR) is 40.5 cm³/mol. The zero-order chi connectivity index (χ0) is 10.4. The second-order valence-corrected chi connectivity index (χ2v) is 2.22. The Morgan fingerprint density at radius 1 is 1.38 bits per heavy atom. The molecule has 0 fully saturated rings. The SMILES string of the molecule is CCC=C(C)C(=O)OC(F)=C(F)F. The van der Waals surface area contributed by atoms with Crippen LogP contribution in [0.25, 0.3) is 0 Å². The Morgan fingerprint density at radius 3 is 2.31 bits per heavy atom.